The number of rotatable bonds is 6. The predicted octanol–water partition coefficient (Wildman–Crippen LogP) is 3.46. The summed E-state index contributed by atoms with van der Waals surface area (Å²) in [4.78, 5) is 22.8. The summed E-state index contributed by atoms with van der Waals surface area (Å²) in [6, 6.07) is 12.6. The summed E-state index contributed by atoms with van der Waals surface area (Å²) >= 11 is 0. The zero-order valence-corrected chi connectivity index (χ0v) is 14.7. The Balaban J connectivity index is 1.73. The second-order valence-corrected chi connectivity index (χ2v) is 5.76. The minimum absolute atomic E-state index is 0.137. The van der Waals surface area contributed by atoms with Crippen molar-refractivity contribution in [3.8, 4) is 5.75 Å². The highest BCUT2D eigenvalue weighted by Gasteiger charge is 2.03. The van der Waals surface area contributed by atoms with Crippen LogP contribution in [0.3, 0.4) is 0 Å². The molecule has 0 spiro atoms. The summed E-state index contributed by atoms with van der Waals surface area (Å²) in [5.74, 6) is 0.693. The first kappa shape index (κ1) is 18.3. The van der Waals surface area contributed by atoms with Crippen molar-refractivity contribution in [3.05, 3.63) is 53.6 Å². The number of hydrogen-bond donors (Lipinski definition) is 3. The molecule has 0 aliphatic rings. The van der Waals surface area contributed by atoms with Crippen molar-refractivity contribution in [2.45, 2.75) is 20.8 Å². The number of aryl methyl sites for hydroxylation is 2. The third kappa shape index (κ3) is 6.18. The standard InChI is InChI=1S/C19H23N3O3/c1-13-4-5-14(2)18(12-13)25-11-10-20-19(24)22-17-8-6-16(7-9-17)21-15(3)23/h4-9,12H,10-11H2,1-3H3,(H,21,23)(H2,20,22,24). The van der Waals surface area contributed by atoms with Gasteiger partial charge < -0.3 is 20.7 Å². The minimum atomic E-state index is -0.308. The van der Waals surface area contributed by atoms with Crippen LogP contribution in [0.1, 0.15) is 18.1 Å². The quantitative estimate of drug-likeness (QED) is 0.704. The highest BCUT2D eigenvalue weighted by molar-refractivity contribution is 5.91. The number of amides is 3. The van der Waals surface area contributed by atoms with Gasteiger partial charge in [-0.1, -0.05) is 12.1 Å². The fourth-order valence-corrected chi connectivity index (χ4v) is 2.20. The second-order valence-electron chi connectivity index (χ2n) is 5.76. The van der Waals surface area contributed by atoms with Crippen molar-refractivity contribution in [3.63, 3.8) is 0 Å². The SMILES string of the molecule is CC(=O)Nc1ccc(NC(=O)NCCOc2cc(C)ccc2C)cc1. The molecule has 2 aromatic carbocycles. The van der Waals surface area contributed by atoms with Gasteiger partial charge in [0.05, 0.1) is 6.54 Å². The Bertz CT molecular complexity index is 742. The molecule has 0 heterocycles. The molecule has 0 saturated carbocycles. The molecule has 0 fully saturated rings. The molecule has 6 heteroatoms. The fraction of sp³-hybridized carbons (Fsp3) is 0.263. The molecule has 0 aliphatic carbocycles. The summed E-state index contributed by atoms with van der Waals surface area (Å²) in [6.45, 7) is 6.22. The van der Waals surface area contributed by atoms with Crippen LogP contribution in [0.15, 0.2) is 42.5 Å². The van der Waals surface area contributed by atoms with Gasteiger partial charge in [0.15, 0.2) is 0 Å². The lowest BCUT2D eigenvalue weighted by Crippen LogP contribution is -2.32. The lowest BCUT2D eigenvalue weighted by molar-refractivity contribution is -0.114. The molecule has 0 radical (unpaired) electrons. The number of carbonyl (C=O) groups excluding carboxylic acids is 2. The van der Waals surface area contributed by atoms with E-state index in [1.807, 2.05) is 32.0 Å². The maximum Gasteiger partial charge on any atom is 0.319 e. The largest absolute Gasteiger partial charge is 0.491 e. The van der Waals surface area contributed by atoms with E-state index >= 15 is 0 Å². The molecule has 0 saturated heterocycles. The molecule has 2 rings (SSSR count). The van der Waals surface area contributed by atoms with Gasteiger partial charge in [0, 0.05) is 18.3 Å². The first-order chi connectivity index (χ1) is 11.9. The Morgan fingerprint density at radius 3 is 2.24 bits per heavy atom. The molecule has 0 atom stereocenters. The zero-order chi connectivity index (χ0) is 18.2. The van der Waals surface area contributed by atoms with E-state index in [1.165, 1.54) is 6.92 Å². The van der Waals surface area contributed by atoms with Crippen molar-refractivity contribution < 1.29 is 14.3 Å². The van der Waals surface area contributed by atoms with Crippen molar-refractivity contribution in [1.82, 2.24) is 5.32 Å². The monoisotopic (exact) mass is 341 g/mol. The van der Waals surface area contributed by atoms with Crippen LogP contribution in [-0.4, -0.2) is 25.1 Å². The van der Waals surface area contributed by atoms with E-state index in [-0.39, 0.29) is 11.9 Å². The van der Waals surface area contributed by atoms with E-state index in [9.17, 15) is 9.59 Å². The molecule has 0 aromatic heterocycles. The Hall–Kier alpha value is -3.02. The van der Waals surface area contributed by atoms with Crippen LogP contribution in [0.25, 0.3) is 0 Å². The number of carbonyl (C=O) groups is 2. The summed E-state index contributed by atoms with van der Waals surface area (Å²) in [6.07, 6.45) is 0. The van der Waals surface area contributed by atoms with Crippen LogP contribution in [0, 0.1) is 13.8 Å². The van der Waals surface area contributed by atoms with Gasteiger partial charge in [0.1, 0.15) is 12.4 Å². The smallest absolute Gasteiger partial charge is 0.319 e. The Labute approximate surface area is 147 Å². The third-order valence-electron chi connectivity index (χ3n) is 3.45. The number of urea groups is 1. The predicted molar refractivity (Wildman–Crippen MR) is 99.2 cm³/mol. The molecule has 25 heavy (non-hydrogen) atoms. The van der Waals surface area contributed by atoms with E-state index in [4.69, 9.17) is 4.74 Å². The maximum absolute atomic E-state index is 11.9. The lowest BCUT2D eigenvalue weighted by Gasteiger charge is -2.11. The lowest BCUT2D eigenvalue weighted by atomic mass is 10.1. The minimum Gasteiger partial charge on any atom is -0.491 e. The second kappa shape index (κ2) is 8.73. The molecular weight excluding hydrogens is 318 g/mol. The number of nitrogens with one attached hydrogen (secondary N) is 3. The average Bonchev–Trinajstić information content (AvgIpc) is 2.56. The molecule has 132 valence electrons. The van der Waals surface area contributed by atoms with E-state index in [0.29, 0.717) is 24.5 Å². The first-order valence-electron chi connectivity index (χ1n) is 8.06. The van der Waals surface area contributed by atoms with Crippen LogP contribution in [0.5, 0.6) is 5.75 Å². The highest BCUT2D eigenvalue weighted by Crippen LogP contribution is 2.18. The van der Waals surface area contributed by atoms with Crippen molar-refractivity contribution in [1.29, 1.82) is 0 Å². The Morgan fingerprint density at radius 2 is 1.60 bits per heavy atom. The van der Waals surface area contributed by atoms with E-state index in [1.54, 1.807) is 24.3 Å². The van der Waals surface area contributed by atoms with E-state index in [2.05, 4.69) is 16.0 Å². The summed E-state index contributed by atoms with van der Waals surface area (Å²) in [5, 5.41) is 8.13. The summed E-state index contributed by atoms with van der Waals surface area (Å²) < 4.78 is 5.69. The average molecular weight is 341 g/mol. The number of anilines is 2. The molecule has 0 unspecified atom stereocenters. The van der Waals surface area contributed by atoms with Gasteiger partial charge in [0.25, 0.3) is 0 Å². The van der Waals surface area contributed by atoms with Crippen molar-refractivity contribution in [2.24, 2.45) is 0 Å². The van der Waals surface area contributed by atoms with Gasteiger partial charge >= 0.3 is 6.03 Å². The molecule has 2 aromatic rings. The molecule has 3 amide bonds. The van der Waals surface area contributed by atoms with Gasteiger partial charge in [-0.2, -0.15) is 0 Å². The topological polar surface area (TPSA) is 79.5 Å². The van der Waals surface area contributed by atoms with Gasteiger partial charge in [-0.25, -0.2) is 4.79 Å². The molecule has 0 bridgehead atoms. The number of benzene rings is 2. The van der Waals surface area contributed by atoms with Crippen LogP contribution in [-0.2, 0) is 4.79 Å². The van der Waals surface area contributed by atoms with Gasteiger partial charge in [-0.05, 0) is 55.3 Å². The summed E-state index contributed by atoms with van der Waals surface area (Å²) in [7, 11) is 0. The number of hydrogen-bond acceptors (Lipinski definition) is 3. The normalized spacial score (nSPS) is 10.0. The molecule has 6 nitrogen and oxygen atoms in total. The first-order valence-corrected chi connectivity index (χ1v) is 8.06. The summed E-state index contributed by atoms with van der Waals surface area (Å²) in [5.41, 5.74) is 3.52. The van der Waals surface area contributed by atoms with Gasteiger partial charge in [0.2, 0.25) is 5.91 Å². The number of ether oxygens (including phenoxy) is 1. The Kier molecular flexibility index (Phi) is 6.39. The molecular formula is C19H23N3O3. The van der Waals surface area contributed by atoms with Gasteiger partial charge in [-0.15, -0.1) is 0 Å². The van der Waals surface area contributed by atoms with Crippen molar-refractivity contribution in [2.75, 3.05) is 23.8 Å². The van der Waals surface area contributed by atoms with Crippen LogP contribution < -0.4 is 20.7 Å². The molecule has 3 N–H and O–H groups in total. The van der Waals surface area contributed by atoms with Crippen LogP contribution in [0.4, 0.5) is 16.2 Å². The van der Waals surface area contributed by atoms with Crippen molar-refractivity contribution >= 4 is 23.3 Å². The maximum atomic E-state index is 11.9. The third-order valence-corrected chi connectivity index (χ3v) is 3.45. The van der Waals surface area contributed by atoms with E-state index < -0.39 is 0 Å². The zero-order valence-electron chi connectivity index (χ0n) is 14.7. The van der Waals surface area contributed by atoms with Crippen LogP contribution >= 0.6 is 0 Å². The highest BCUT2D eigenvalue weighted by atomic mass is 16.5. The van der Waals surface area contributed by atoms with E-state index in [0.717, 1.165) is 16.9 Å². The van der Waals surface area contributed by atoms with Crippen LogP contribution in [0.2, 0.25) is 0 Å². The van der Waals surface area contributed by atoms with Gasteiger partial charge in [-0.3, -0.25) is 4.79 Å². The molecule has 0 aliphatic heterocycles. The Morgan fingerprint density at radius 1 is 0.960 bits per heavy atom. The fourth-order valence-electron chi connectivity index (χ4n) is 2.20.